The topological polar surface area (TPSA) is 99.0 Å². The second-order valence-electron chi connectivity index (χ2n) is 13.9. The first-order chi connectivity index (χ1) is 23.4. The molecule has 3 N–H and O–H groups in total. The lowest BCUT2D eigenvalue weighted by atomic mass is 9.75. The molecule has 262 valence electrons. The first kappa shape index (κ1) is 36.1. The Bertz CT molecular complexity index is 1680. The maximum atomic E-state index is 14.5. The fraction of sp³-hybridized carbons (Fsp3) is 0.462. The highest BCUT2D eigenvalue weighted by Gasteiger charge is 2.36. The van der Waals surface area contributed by atoms with Crippen molar-refractivity contribution in [1.82, 2.24) is 20.0 Å². The number of rotatable bonds is 14. The minimum absolute atomic E-state index is 0.0343. The highest BCUT2D eigenvalue weighted by atomic mass is 19.2. The van der Waals surface area contributed by atoms with E-state index in [1.807, 2.05) is 42.5 Å². The summed E-state index contributed by atoms with van der Waals surface area (Å²) in [4.78, 5) is 46.9. The Morgan fingerprint density at radius 1 is 0.939 bits per heavy atom. The van der Waals surface area contributed by atoms with E-state index in [2.05, 4.69) is 17.3 Å². The molecule has 0 bridgehead atoms. The van der Waals surface area contributed by atoms with E-state index in [1.54, 1.807) is 13.1 Å². The molecule has 2 fully saturated rings. The number of likely N-dealkylation sites (tertiary alicyclic amines) is 1. The molecule has 3 aromatic rings. The number of likely N-dealkylation sites (N-methyl/N-ethyl adjacent to an activating group) is 2. The highest BCUT2D eigenvalue weighted by Crippen LogP contribution is 2.32. The number of benzene rings is 3. The van der Waals surface area contributed by atoms with Gasteiger partial charge in [-0.3, -0.25) is 14.4 Å². The summed E-state index contributed by atoms with van der Waals surface area (Å²) in [6.45, 7) is 1.43. The lowest BCUT2D eigenvalue weighted by Gasteiger charge is -2.37. The van der Waals surface area contributed by atoms with Gasteiger partial charge in [0.1, 0.15) is 12.1 Å². The molecule has 1 heterocycles. The smallest absolute Gasteiger partial charge is 0.246 e. The molecular weight excluding hydrogens is 624 g/mol. The van der Waals surface area contributed by atoms with Crippen LogP contribution >= 0.6 is 0 Å². The largest absolute Gasteiger partial charge is 0.354 e. The van der Waals surface area contributed by atoms with Crippen molar-refractivity contribution >= 4 is 28.5 Å². The number of nitrogens with two attached hydrogens (primary N) is 1. The molecule has 8 nitrogen and oxygen atoms in total. The number of carbonyl (C=O) groups excluding carboxylic acids is 3. The van der Waals surface area contributed by atoms with E-state index in [-0.39, 0.29) is 24.3 Å². The van der Waals surface area contributed by atoms with Gasteiger partial charge < -0.3 is 25.8 Å². The van der Waals surface area contributed by atoms with Crippen LogP contribution in [-0.4, -0.2) is 90.3 Å². The SMILES string of the molecule is CN1CCCC1CCNC(=O)[C@@H](Cc1ccc(F)c(F)c1)N(C)C(=O)[C@@H](Cc1ccc2ccccc2c1)N(C)C(=O)/C=C/CC1(N)CCC1. The number of amides is 3. The van der Waals surface area contributed by atoms with Crippen LogP contribution < -0.4 is 11.1 Å². The lowest BCUT2D eigenvalue weighted by molar-refractivity contribution is -0.146. The summed E-state index contributed by atoms with van der Waals surface area (Å²) in [5.74, 6) is -3.20. The van der Waals surface area contributed by atoms with Crippen LogP contribution in [0.3, 0.4) is 0 Å². The Kier molecular flexibility index (Phi) is 11.8. The summed E-state index contributed by atoms with van der Waals surface area (Å²) in [6.07, 6.45) is 9.81. The number of hydrogen-bond acceptors (Lipinski definition) is 5. The quantitative estimate of drug-likeness (QED) is 0.235. The van der Waals surface area contributed by atoms with E-state index in [0.717, 1.165) is 73.5 Å². The number of nitrogens with zero attached hydrogens (tertiary/aromatic N) is 3. The molecular formula is C39H49F2N5O3. The van der Waals surface area contributed by atoms with Crippen molar-refractivity contribution in [2.45, 2.75) is 81.5 Å². The molecule has 2 aliphatic rings. The molecule has 3 amide bonds. The lowest BCUT2D eigenvalue weighted by Crippen LogP contribution is -2.56. The highest BCUT2D eigenvalue weighted by molar-refractivity contribution is 5.95. The predicted molar refractivity (Wildman–Crippen MR) is 189 cm³/mol. The zero-order valence-corrected chi connectivity index (χ0v) is 28.8. The number of carbonyl (C=O) groups is 3. The van der Waals surface area contributed by atoms with Gasteiger partial charge in [0.05, 0.1) is 0 Å². The molecule has 10 heteroatoms. The Balaban J connectivity index is 1.40. The third-order valence-corrected chi connectivity index (χ3v) is 10.5. The van der Waals surface area contributed by atoms with Gasteiger partial charge >= 0.3 is 0 Å². The Morgan fingerprint density at radius 2 is 1.63 bits per heavy atom. The standard InChI is InChI=1S/C39H49F2N5O3/c1-44-22-7-11-31(44)17-21-43-37(48)34(25-28-14-16-32(40)33(41)24-28)46(3)38(49)35(26-27-13-15-29-9-4-5-10-30(29)23-27)45(2)36(47)12-6-18-39(42)19-8-20-39/h4-6,9-10,12-16,23-24,31,34-35H,7-8,11,17-22,25-26,42H2,1-3H3,(H,43,48)/b12-6+/t31?,34-,35-/m1/s1. The molecule has 0 radical (unpaired) electrons. The van der Waals surface area contributed by atoms with Gasteiger partial charge in [0.2, 0.25) is 17.7 Å². The fourth-order valence-electron chi connectivity index (χ4n) is 6.99. The zero-order chi connectivity index (χ0) is 35.1. The van der Waals surface area contributed by atoms with Gasteiger partial charge in [-0.1, -0.05) is 54.6 Å². The van der Waals surface area contributed by atoms with Crippen molar-refractivity contribution in [2.24, 2.45) is 5.73 Å². The zero-order valence-electron chi connectivity index (χ0n) is 28.8. The van der Waals surface area contributed by atoms with E-state index >= 15 is 0 Å². The summed E-state index contributed by atoms with van der Waals surface area (Å²) in [5.41, 5.74) is 7.30. The van der Waals surface area contributed by atoms with Gasteiger partial charge in [-0.15, -0.1) is 0 Å². The Hall–Kier alpha value is -4.15. The molecule has 49 heavy (non-hydrogen) atoms. The van der Waals surface area contributed by atoms with E-state index in [4.69, 9.17) is 5.73 Å². The van der Waals surface area contributed by atoms with Gasteiger partial charge in [0, 0.05) is 45.1 Å². The summed E-state index contributed by atoms with van der Waals surface area (Å²) in [5, 5.41) is 5.05. The molecule has 1 saturated carbocycles. The number of fused-ring (bicyclic) bond motifs is 1. The Morgan fingerprint density at radius 3 is 2.31 bits per heavy atom. The maximum absolute atomic E-state index is 14.5. The van der Waals surface area contributed by atoms with Crippen LogP contribution in [0.4, 0.5) is 8.78 Å². The van der Waals surface area contributed by atoms with Crippen molar-refractivity contribution in [3.05, 3.63) is 95.6 Å². The van der Waals surface area contributed by atoms with Crippen LogP contribution in [-0.2, 0) is 27.2 Å². The molecule has 3 atom stereocenters. The summed E-state index contributed by atoms with van der Waals surface area (Å²) in [7, 11) is 5.20. The normalized spacial score (nSPS) is 18.6. The third-order valence-electron chi connectivity index (χ3n) is 10.5. The number of hydrogen-bond donors (Lipinski definition) is 2. The molecule has 0 spiro atoms. The van der Waals surface area contributed by atoms with Crippen molar-refractivity contribution in [3.63, 3.8) is 0 Å². The van der Waals surface area contributed by atoms with Crippen molar-refractivity contribution in [2.75, 3.05) is 34.2 Å². The second-order valence-corrected chi connectivity index (χ2v) is 13.9. The molecule has 5 rings (SSSR count). The molecule has 3 aromatic carbocycles. The molecule has 1 saturated heterocycles. The summed E-state index contributed by atoms with van der Waals surface area (Å²) >= 11 is 0. The molecule has 1 aliphatic heterocycles. The van der Waals surface area contributed by atoms with Crippen molar-refractivity contribution in [3.8, 4) is 0 Å². The first-order valence-corrected chi connectivity index (χ1v) is 17.3. The second kappa shape index (κ2) is 16.0. The minimum Gasteiger partial charge on any atom is -0.354 e. The van der Waals surface area contributed by atoms with Crippen LogP contribution in [0.1, 0.15) is 56.1 Å². The first-order valence-electron chi connectivity index (χ1n) is 17.3. The third kappa shape index (κ3) is 9.10. The monoisotopic (exact) mass is 673 g/mol. The van der Waals surface area contributed by atoms with E-state index in [9.17, 15) is 23.2 Å². The number of halogens is 2. The molecule has 1 aliphatic carbocycles. The Labute approximate surface area is 288 Å². The summed E-state index contributed by atoms with van der Waals surface area (Å²) in [6, 6.07) is 15.7. The van der Waals surface area contributed by atoms with Crippen molar-refractivity contribution < 1.29 is 23.2 Å². The van der Waals surface area contributed by atoms with Gasteiger partial charge in [-0.2, -0.15) is 0 Å². The van der Waals surface area contributed by atoms with Crippen molar-refractivity contribution in [1.29, 1.82) is 0 Å². The van der Waals surface area contributed by atoms with Gasteiger partial charge in [0.15, 0.2) is 11.6 Å². The van der Waals surface area contributed by atoms with Crippen LogP contribution in [0, 0.1) is 11.6 Å². The van der Waals surface area contributed by atoms with E-state index in [1.165, 1.54) is 29.0 Å². The minimum atomic E-state index is -1.03. The van der Waals surface area contributed by atoms with E-state index < -0.39 is 35.5 Å². The van der Waals surface area contributed by atoms with Gasteiger partial charge in [-0.05, 0) is 98.6 Å². The van der Waals surface area contributed by atoms with Crippen LogP contribution in [0.15, 0.2) is 72.8 Å². The van der Waals surface area contributed by atoms with E-state index in [0.29, 0.717) is 24.6 Å². The average Bonchev–Trinajstić information content (AvgIpc) is 3.49. The maximum Gasteiger partial charge on any atom is 0.246 e. The molecule has 0 aromatic heterocycles. The fourth-order valence-corrected chi connectivity index (χ4v) is 6.99. The van der Waals surface area contributed by atoms with Gasteiger partial charge in [0.25, 0.3) is 0 Å². The average molecular weight is 674 g/mol. The molecule has 1 unspecified atom stereocenters. The van der Waals surface area contributed by atoms with Crippen LogP contribution in [0.25, 0.3) is 10.8 Å². The van der Waals surface area contributed by atoms with Gasteiger partial charge in [-0.25, -0.2) is 8.78 Å². The number of nitrogens with one attached hydrogen (secondary N) is 1. The predicted octanol–water partition coefficient (Wildman–Crippen LogP) is 4.99. The van der Waals surface area contributed by atoms with Crippen LogP contribution in [0.5, 0.6) is 0 Å². The van der Waals surface area contributed by atoms with Crippen LogP contribution in [0.2, 0.25) is 0 Å². The summed E-state index contributed by atoms with van der Waals surface area (Å²) < 4.78 is 28.1.